The molecule has 0 fully saturated rings. The molecule has 3 rings (SSSR count). The molecule has 1 aliphatic rings. The fourth-order valence-electron chi connectivity index (χ4n) is 2.34. The number of ether oxygens (including phenoxy) is 3. The molecule has 0 radical (unpaired) electrons. The van der Waals surface area contributed by atoms with Crippen LogP contribution in [0.5, 0.6) is 11.5 Å². The molecule has 2 aromatic rings. The zero-order valence-electron chi connectivity index (χ0n) is 13.8. The van der Waals surface area contributed by atoms with Crippen LogP contribution in [0.1, 0.15) is 15.9 Å². The highest BCUT2D eigenvalue weighted by Gasteiger charge is 2.28. The normalized spacial score (nSPS) is 11.7. The van der Waals surface area contributed by atoms with Crippen LogP contribution >= 0.6 is 11.6 Å². The Kier molecular flexibility index (Phi) is 5.41. The van der Waals surface area contributed by atoms with Crippen LogP contribution in [0.15, 0.2) is 36.4 Å². The van der Waals surface area contributed by atoms with Crippen molar-refractivity contribution in [1.29, 1.82) is 0 Å². The number of esters is 1. The molecular formula is C17H13ClN2O7. The van der Waals surface area contributed by atoms with Gasteiger partial charge in [0.05, 0.1) is 11.0 Å². The number of nitro groups is 1. The van der Waals surface area contributed by atoms with Crippen molar-refractivity contribution in [3.8, 4) is 11.5 Å². The molecule has 140 valence electrons. The Labute approximate surface area is 157 Å². The first-order valence-corrected chi connectivity index (χ1v) is 8.09. The zero-order chi connectivity index (χ0) is 19.4. The Morgan fingerprint density at radius 1 is 1.22 bits per heavy atom. The van der Waals surface area contributed by atoms with Gasteiger partial charge in [0.25, 0.3) is 11.6 Å². The average Bonchev–Trinajstić information content (AvgIpc) is 3.12. The molecule has 1 aliphatic heterocycles. The summed E-state index contributed by atoms with van der Waals surface area (Å²) in [5.41, 5.74) is -0.130. The molecule has 0 saturated carbocycles. The van der Waals surface area contributed by atoms with E-state index in [2.05, 4.69) is 5.32 Å². The lowest BCUT2D eigenvalue weighted by atomic mass is 10.1. The summed E-state index contributed by atoms with van der Waals surface area (Å²) in [6, 6.07) is 9.19. The van der Waals surface area contributed by atoms with Gasteiger partial charge in [-0.2, -0.15) is 0 Å². The van der Waals surface area contributed by atoms with E-state index < -0.39 is 29.1 Å². The molecule has 0 atom stereocenters. The van der Waals surface area contributed by atoms with Gasteiger partial charge in [0.1, 0.15) is 5.56 Å². The molecule has 9 nitrogen and oxygen atoms in total. The van der Waals surface area contributed by atoms with Gasteiger partial charge >= 0.3 is 5.97 Å². The molecular weight excluding hydrogens is 380 g/mol. The Hall–Kier alpha value is -3.33. The third-order valence-corrected chi connectivity index (χ3v) is 4.04. The van der Waals surface area contributed by atoms with E-state index in [1.165, 1.54) is 0 Å². The number of benzene rings is 2. The minimum absolute atomic E-state index is 0.102. The second-order valence-corrected chi connectivity index (χ2v) is 5.83. The number of hydrogen-bond donors (Lipinski definition) is 1. The van der Waals surface area contributed by atoms with E-state index in [-0.39, 0.29) is 30.4 Å². The van der Waals surface area contributed by atoms with Crippen LogP contribution in [0.3, 0.4) is 0 Å². The molecule has 0 unspecified atom stereocenters. The van der Waals surface area contributed by atoms with Gasteiger partial charge in [0.2, 0.25) is 6.79 Å². The molecule has 0 aliphatic carbocycles. The third kappa shape index (κ3) is 4.26. The molecule has 1 N–H and O–H groups in total. The van der Waals surface area contributed by atoms with Crippen LogP contribution in [-0.2, 0) is 16.1 Å². The van der Waals surface area contributed by atoms with Crippen LogP contribution in [0, 0.1) is 10.1 Å². The van der Waals surface area contributed by atoms with E-state index in [1.54, 1.807) is 24.3 Å². The van der Waals surface area contributed by atoms with Crippen molar-refractivity contribution >= 4 is 29.2 Å². The maximum atomic E-state index is 12.2. The summed E-state index contributed by atoms with van der Waals surface area (Å²) < 4.78 is 15.0. The fourth-order valence-corrected chi connectivity index (χ4v) is 2.54. The Morgan fingerprint density at radius 3 is 2.63 bits per heavy atom. The summed E-state index contributed by atoms with van der Waals surface area (Å²) in [5, 5.41) is 14.2. The molecule has 0 spiro atoms. The zero-order valence-corrected chi connectivity index (χ0v) is 14.5. The lowest BCUT2D eigenvalue weighted by Crippen LogP contribution is -2.28. The van der Waals surface area contributed by atoms with Gasteiger partial charge in [-0.15, -0.1) is 0 Å². The van der Waals surface area contributed by atoms with Gasteiger partial charge in [0, 0.05) is 17.6 Å². The van der Waals surface area contributed by atoms with Crippen molar-refractivity contribution < 1.29 is 28.7 Å². The van der Waals surface area contributed by atoms with Crippen molar-refractivity contribution in [3.05, 3.63) is 62.7 Å². The van der Waals surface area contributed by atoms with E-state index in [1.807, 2.05) is 0 Å². The third-order valence-electron chi connectivity index (χ3n) is 3.68. The van der Waals surface area contributed by atoms with Crippen LogP contribution < -0.4 is 14.8 Å². The topological polar surface area (TPSA) is 117 Å². The van der Waals surface area contributed by atoms with Gasteiger partial charge < -0.3 is 19.5 Å². The molecule has 1 heterocycles. The maximum Gasteiger partial charge on any atom is 0.345 e. The standard InChI is InChI=1S/C17H13ClN2O7/c18-12-4-2-1-3-10(12)7-19-16(21)8-25-17(22)11-5-14-15(27-9-26-14)6-13(11)20(23)24/h1-6H,7-9H2,(H,19,21). The second kappa shape index (κ2) is 7.92. The number of carbonyl (C=O) groups is 2. The highest BCUT2D eigenvalue weighted by molar-refractivity contribution is 6.31. The summed E-state index contributed by atoms with van der Waals surface area (Å²) in [7, 11) is 0. The Bertz CT molecular complexity index is 916. The monoisotopic (exact) mass is 392 g/mol. The van der Waals surface area contributed by atoms with Crippen LogP contribution in [0.2, 0.25) is 5.02 Å². The number of nitrogens with one attached hydrogen (secondary N) is 1. The van der Waals surface area contributed by atoms with Crippen molar-refractivity contribution in [1.82, 2.24) is 5.32 Å². The van der Waals surface area contributed by atoms with Crippen LogP contribution in [-0.4, -0.2) is 30.2 Å². The van der Waals surface area contributed by atoms with Gasteiger partial charge in [-0.05, 0) is 11.6 Å². The van der Waals surface area contributed by atoms with E-state index in [9.17, 15) is 19.7 Å². The first kappa shape index (κ1) is 18.5. The molecule has 0 bridgehead atoms. The molecule has 0 aromatic heterocycles. The van der Waals surface area contributed by atoms with E-state index >= 15 is 0 Å². The summed E-state index contributed by atoms with van der Waals surface area (Å²) in [6.45, 7) is -0.551. The van der Waals surface area contributed by atoms with Crippen LogP contribution in [0.25, 0.3) is 0 Å². The van der Waals surface area contributed by atoms with Crippen molar-refractivity contribution in [2.45, 2.75) is 6.54 Å². The summed E-state index contributed by atoms with van der Waals surface area (Å²) in [5.74, 6) is -1.24. The molecule has 1 amide bonds. The average molecular weight is 393 g/mol. The van der Waals surface area contributed by atoms with E-state index in [4.69, 9.17) is 25.8 Å². The fraction of sp³-hybridized carbons (Fsp3) is 0.176. The first-order chi connectivity index (χ1) is 13.0. The van der Waals surface area contributed by atoms with Crippen molar-refractivity contribution in [2.24, 2.45) is 0 Å². The summed E-state index contributed by atoms with van der Waals surface area (Å²) in [6.07, 6.45) is 0. The van der Waals surface area contributed by atoms with Gasteiger partial charge in [-0.1, -0.05) is 29.8 Å². The Balaban J connectivity index is 1.61. The van der Waals surface area contributed by atoms with Crippen LogP contribution in [0.4, 0.5) is 5.69 Å². The largest absolute Gasteiger partial charge is 0.454 e. The van der Waals surface area contributed by atoms with E-state index in [0.29, 0.717) is 10.6 Å². The second-order valence-electron chi connectivity index (χ2n) is 5.42. The minimum Gasteiger partial charge on any atom is -0.454 e. The number of hydrogen-bond acceptors (Lipinski definition) is 7. The van der Waals surface area contributed by atoms with Gasteiger partial charge in [0.15, 0.2) is 18.1 Å². The quantitative estimate of drug-likeness (QED) is 0.455. The predicted molar refractivity (Wildman–Crippen MR) is 92.8 cm³/mol. The van der Waals surface area contributed by atoms with E-state index in [0.717, 1.165) is 12.1 Å². The highest BCUT2D eigenvalue weighted by atomic mass is 35.5. The number of rotatable bonds is 6. The number of carbonyl (C=O) groups excluding carboxylic acids is 2. The summed E-state index contributed by atoms with van der Waals surface area (Å²) >= 11 is 5.99. The molecule has 2 aromatic carbocycles. The SMILES string of the molecule is O=C(COC(=O)c1cc2c(cc1[N+](=O)[O-])OCO2)NCc1ccccc1Cl. The maximum absolute atomic E-state index is 12.2. The van der Waals surface area contributed by atoms with Crippen molar-refractivity contribution in [2.75, 3.05) is 13.4 Å². The lowest BCUT2D eigenvalue weighted by molar-refractivity contribution is -0.385. The number of fused-ring (bicyclic) bond motifs is 1. The lowest BCUT2D eigenvalue weighted by Gasteiger charge is -2.08. The Morgan fingerprint density at radius 2 is 1.93 bits per heavy atom. The predicted octanol–water partition coefficient (Wildman–Crippen LogP) is 2.45. The van der Waals surface area contributed by atoms with Gasteiger partial charge in [-0.25, -0.2) is 4.79 Å². The van der Waals surface area contributed by atoms with Gasteiger partial charge in [-0.3, -0.25) is 14.9 Å². The number of halogens is 1. The minimum atomic E-state index is -1.02. The molecule has 27 heavy (non-hydrogen) atoms. The number of nitro benzene ring substituents is 1. The molecule has 0 saturated heterocycles. The first-order valence-electron chi connectivity index (χ1n) is 7.71. The smallest absolute Gasteiger partial charge is 0.345 e. The summed E-state index contributed by atoms with van der Waals surface area (Å²) in [4.78, 5) is 34.5. The number of amides is 1. The molecule has 10 heteroatoms. The number of nitrogens with zero attached hydrogens (tertiary/aromatic N) is 1. The van der Waals surface area contributed by atoms with Crippen molar-refractivity contribution in [3.63, 3.8) is 0 Å². The highest BCUT2D eigenvalue weighted by Crippen LogP contribution is 2.38.